The molecule has 0 aliphatic rings. The highest BCUT2D eigenvalue weighted by atomic mass is 32.2. The number of carbonyl (C=O) groups excluding carboxylic acids is 3. The summed E-state index contributed by atoms with van der Waals surface area (Å²) in [7, 11) is 0. The van der Waals surface area contributed by atoms with Crippen LogP contribution in [0, 0.1) is 5.92 Å². The molecule has 0 fully saturated rings. The Balaban J connectivity index is 5.36. The topological polar surface area (TPSA) is 139 Å². The quantitative estimate of drug-likeness (QED) is 0.0342. The minimum atomic E-state index is -1.36. The van der Waals surface area contributed by atoms with E-state index in [9.17, 15) is 34.8 Å². The van der Waals surface area contributed by atoms with Crippen molar-refractivity contribution in [2.24, 2.45) is 5.92 Å². The third kappa shape index (κ3) is 57.9. The predicted molar refractivity (Wildman–Crippen MR) is 369 cm³/mol. The van der Waals surface area contributed by atoms with Crippen molar-refractivity contribution in [2.45, 2.75) is 393 Å². The number of aliphatic hydroxyl groups excluding tert-OH is 4. The van der Waals surface area contributed by atoms with E-state index in [0.29, 0.717) is 76.5 Å². The molecule has 500 valence electrons. The van der Waals surface area contributed by atoms with Crippen LogP contribution < -0.4 is 0 Å². The summed E-state index contributed by atoms with van der Waals surface area (Å²) < 4.78 is 0. The van der Waals surface area contributed by atoms with Gasteiger partial charge in [-0.3, -0.25) is 24.2 Å². The fourth-order valence-corrected chi connectivity index (χ4v) is 14.2. The minimum Gasteiger partial charge on any atom is -0.392 e. The molecule has 4 N–H and O–H groups in total. The fraction of sp³-hybridized carbons (Fsp3) is 0.959. The van der Waals surface area contributed by atoms with Crippen molar-refractivity contribution in [2.75, 3.05) is 50.8 Å². The SMILES string of the molecule is CCCCCCCCCCCCCCC(O)CN(CCSC(=O)C(C(C)=O)C(=O)SCCN(CC(O)CCCCCCCCCCCCCC)CC(O)CCCCCCCCCCCCCC)CC(O)CCCCCCCCCCCCCC. The van der Waals surface area contributed by atoms with Crippen LogP contribution in [0.4, 0.5) is 0 Å². The molecule has 0 amide bonds. The predicted octanol–water partition coefficient (Wildman–Crippen LogP) is 20.1. The van der Waals surface area contributed by atoms with Crippen molar-refractivity contribution in [3.05, 3.63) is 0 Å². The van der Waals surface area contributed by atoms with Crippen LogP contribution in [0.25, 0.3) is 0 Å². The number of nitrogens with zero attached hydrogens (tertiary/aromatic N) is 2. The molecular weight excluding hydrogens is 1080 g/mol. The Morgan fingerprint density at radius 3 is 0.619 bits per heavy atom. The summed E-state index contributed by atoms with van der Waals surface area (Å²) in [4.78, 5) is 44.7. The molecule has 4 unspecified atom stereocenters. The second-order valence-corrected chi connectivity index (χ2v) is 28.4. The normalized spacial score (nSPS) is 13.8. The van der Waals surface area contributed by atoms with Crippen molar-refractivity contribution in [3.8, 4) is 0 Å². The van der Waals surface area contributed by atoms with Crippen LogP contribution in [0.5, 0.6) is 0 Å². The van der Waals surface area contributed by atoms with Gasteiger partial charge in [-0.1, -0.05) is 359 Å². The van der Waals surface area contributed by atoms with Crippen LogP contribution in [0.15, 0.2) is 0 Å². The molecule has 9 nitrogen and oxygen atoms in total. The van der Waals surface area contributed by atoms with Gasteiger partial charge in [0.05, 0.1) is 24.4 Å². The number of hydrogen-bond donors (Lipinski definition) is 4. The molecule has 0 aromatic rings. The molecule has 0 radical (unpaired) electrons. The van der Waals surface area contributed by atoms with Gasteiger partial charge in [0.15, 0.2) is 5.92 Å². The fourth-order valence-electron chi connectivity index (χ4n) is 12.1. The number of hydrogen-bond acceptors (Lipinski definition) is 11. The van der Waals surface area contributed by atoms with Gasteiger partial charge in [0.2, 0.25) is 10.2 Å². The molecule has 0 spiro atoms. The standard InChI is InChI=1S/C73H144N2O7S2/c1-6-10-14-18-22-26-30-34-38-42-46-50-54-67(77)62-74(63-68(78)55-51-47-43-39-35-31-27-23-19-15-11-7-2)58-60-83-72(81)71(66(5)76)73(82)84-61-59-75(64-69(79)56-52-48-44-40-36-32-28-24-20-16-12-8-3)65-70(80)57-53-49-45-41-37-33-29-25-21-17-13-9-4/h67-71,77-80H,6-65H2,1-5H3. The molecule has 0 aromatic heterocycles. The van der Waals surface area contributed by atoms with E-state index >= 15 is 0 Å². The van der Waals surface area contributed by atoms with Crippen LogP contribution in [0.3, 0.4) is 0 Å². The van der Waals surface area contributed by atoms with E-state index in [4.69, 9.17) is 0 Å². The van der Waals surface area contributed by atoms with Gasteiger partial charge in [0.1, 0.15) is 5.78 Å². The Labute approximate surface area is 530 Å². The first-order valence-electron chi connectivity index (χ1n) is 37.0. The van der Waals surface area contributed by atoms with E-state index in [-0.39, 0.29) is 0 Å². The summed E-state index contributed by atoms with van der Waals surface area (Å²) in [6.07, 6.45) is 61.6. The first kappa shape index (κ1) is 83.5. The van der Waals surface area contributed by atoms with E-state index in [1.54, 1.807) is 0 Å². The van der Waals surface area contributed by atoms with E-state index in [1.807, 2.05) is 0 Å². The van der Waals surface area contributed by atoms with E-state index < -0.39 is 46.3 Å². The van der Waals surface area contributed by atoms with Crippen molar-refractivity contribution in [3.63, 3.8) is 0 Å². The lowest BCUT2D eigenvalue weighted by molar-refractivity contribution is -0.132. The van der Waals surface area contributed by atoms with Gasteiger partial charge in [-0.25, -0.2) is 0 Å². The number of aliphatic hydroxyl groups is 4. The zero-order valence-electron chi connectivity index (χ0n) is 56.5. The molecule has 0 saturated heterocycles. The molecule has 11 heteroatoms. The molecule has 0 rings (SSSR count). The summed E-state index contributed by atoms with van der Waals surface area (Å²) >= 11 is 2.03. The molecule has 0 bridgehead atoms. The monoisotopic (exact) mass is 1230 g/mol. The zero-order chi connectivity index (χ0) is 61.6. The maximum absolute atomic E-state index is 13.7. The zero-order valence-corrected chi connectivity index (χ0v) is 58.2. The first-order valence-corrected chi connectivity index (χ1v) is 39.0. The molecule has 0 heterocycles. The van der Waals surface area contributed by atoms with Crippen molar-refractivity contribution < 1.29 is 34.8 Å². The van der Waals surface area contributed by atoms with E-state index in [0.717, 1.165) is 74.9 Å². The lowest BCUT2D eigenvalue weighted by Gasteiger charge is -2.27. The van der Waals surface area contributed by atoms with Gasteiger partial charge in [0.25, 0.3) is 0 Å². The van der Waals surface area contributed by atoms with Crippen LogP contribution in [0.1, 0.15) is 369 Å². The third-order valence-corrected chi connectivity index (χ3v) is 19.4. The van der Waals surface area contributed by atoms with Gasteiger partial charge >= 0.3 is 0 Å². The molecule has 0 saturated carbocycles. The number of thioether (sulfide) groups is 2. The van der Waals surface area contributed by atoms with Gasteiger partial charge in [-0.15, -0.1) is 0 Å². The Bertz CT molecular complexity index is 1230. The summed E-state index contributed by atoms with van der Waals surface area (Å²) in [6.45, 7) is 13.0. The van der Waals surface area contributed by atoms with Crippen LogP contribution in [-0.4, -0.2) is 121 Å². The third-order valence-electron chi connectivity index (χ3n) is 17.6. The average Bonchev–Trinajstić information content (AvgIpc) is 3.63. The maximum Gasteiger partial charge on any atom is 0.207 e. The molecule has 0 aromatic carbocycles. The number of ketones is 1. The molecule has 84 heavy (non-hydrogen) atoms. The number of Topliss-reactive ketones (excluding diaryl/α,β-unsaturated/α-hetero) is 1. The van der Waals surface area contributed by atoms with Gasteiger partial charge in [-0.2, -0.15) is 0 Å². The maximum atomic E-state index is 13.7. The Kier molecular flexibility index (Phi) is 65.0. The largest absolute Gasteiger partial charge is 0.392 e. The molecule has 0 aliphatic heterocycles. The van der Waals surface area contributed by atoms with E-state index in [2.05, 4.69) is 37.5 Å². The lowest BCUT2D eigenvalue weighted by atomic mass is 10.0. The summed E-state index contributed by atoms with van der Waals surface area (Å²) in [6, 6.07) is 0. The van der Waals surface area contributed by atoms with Gasteiger partial charge < -0.3 is 20.4 Å². The Hall–Kier alpha value is -0.530. The number of unbranched alkanes of at least 4 members (excludes halogenated alkanes) is 44. The lowest BCUT2D eigenvalue weighted by Crippen LogP contribution is -2.40. The van der Waals surface area contributed by atoms with Crippen molar-refractivity contribution >= 4 is 39.5 Å². The average molecular weight is 1230 g/mol. The Morgan fingerprint density at radius 2 is 0.452 bits per heavy atom. The highest BCUT2D eigenvalue weighted by Crippen LogP contribution is 2.23. The van der Waals surface area contributed by atoms with Gasteiger partial charge in [0, 0.05) is 50.8 Å². The highest BCUT2D eigenvalue weighted by Gasteiger charge is 2.32. The van der Waals surface area contributed by atoms with Gasteiger partial charge in [-0.05, 0) is 32.6 Å². The Morgan fingerprint density at radius 1 is 0.286 bits per heavy atom. The summed E-state index contributed by atoms with van der Waals surface area (Å²) in [5.41, 5.74) is 0. The van der Waals surface area contributed by atoms with Crippen LogP contribution >= 0.6 is 23.5 Å². The van der Waals surface area contributed by atoms with E-state index in [1.165, 1.54) is 264 Å². The first-order chi connectivity index (χ1) is 41.0. The smallest absolute Gasteiger partial charge is 0.207 e. The van der Waals surface area contributed by atoms with Crippen LogP contribution in [0.2, 0.25) is 0 Å². The second kappa shape index (κ2) is 65.4. The van der Waals surface area contributed by atoms with Crippen LogP contribution in [-0.2, 0) is 14.4 Å². The number of carbonyl (C=O) groups is 3. The molecular formula is C73H144N2O7S2. The highest BCUT2D eigenvalue weighted by molar-refractivity contribution is 8.15. The summed E-state index contributed by atoms with van der Waals surface area (Å²) in [5.74, 6) is -1.09. The molecule has 4 atom stereocenters. The minimum absolute atomic E-state index is 0.360. The molecule has 0 aliphatic carbocycles. The van der Waals surface area contributed by atoms with Crippen molar-refractivity contribution in [1.82, 2.24) is 9.80 Å². The van der Waals surface area contributed by atoms with Crippen molar-refractivity contribution in [1.29, 1.82) is 0 Å². The number of rotatable bonds is 69. The summed E-state index contributed by atoms with van der Waals surface area (Å²) in [5, 5.41) is 44.1. The second-order valence-electron chi connectivity index (χ2n) is 26.2.